The predicted octanol–water partition coefficient (Wildman–Crippen LogP) is 3.23. The molecule has 1 saturated heterocycles. The van der Waals surface area contributed by atoms with Crippen LogP contribution in [0.3, 0.4) is 0 Å². The number of morpholine rings is 1. The highest BCUT2D eigenvalue weighted by Crippen LogP contribution is 2.20. The van der Waals surface area contributed by atoms with Crippen LogP contribution < -0.4 is 5.32 Å². The third-order valence-corrected chi connectivity index (χ3v) is 3.85. The van der Waals surface area contributed by atoms with Gasteiger partial charge in [0, 0.05) is 29.7 Å². The molecule has 0 aromatic heterocycles. The van der Waals surface area contributed by atoms with Crippen LogP contribution in [0.25, 0.3) is 0 Å². The van der Waals surface area contributed by atoms with Gasteiger partial charge in [0.1, 0.15) is 0 Å². The Kier molecular flexibility index (Phi) is 8.85. The van der Waals surface area contributed by atoms with Gasteiger partial charge in [-0.15, -0.1) is 12.4 Å². The number of rotatable bonds is 6. The first kappa shape index (κ1) is 18.0. The largest absolute Gasteiger partial charge is 0.379 e. The minimum Gasteiger partial charge on any atom is -0.379 e. The maximum absolute atomic E-state index is 6.12. The van der Waals surface area contributed by atoms with Crippen molar-refractivity contribution in [3.8, 4) is 0 Å². The molecule has 0 radical (unpaired) electrons. The van der Waals surface area contributed by atoms with Crippen molar-refractivity contribution in [2.75, 3.05) is 39.4 Å². The van der Waals surface area contributed by atoms with E-state index in [2.05, 4.69) is 10.2 Å². The van der Waals surface area contributed by atoms with Crippen molar-refractivity contribution in [3.05, 3.63) is 33.8 Å². The molecule has 0 bridgehead atoms. The van der Waals surface area contributed by atoms with Crippen LogP contribution >= 0.6 is 35.6 Å². The molecule has 2 rings (SSSR count). The van der Waals surface area contributed by atoms with E-state index in [1.54, 1.807) is 6.07 Å². The van der Waals surface area contributed by atoms with E-state index in [1.807, 2.05) is 12.1 Å². The second kappa shape index (κ2) is 9.82. The second-order valence-electron chi connectivity index (χ2n) is 4.72. The highest BCUT2D eigenvalue weighted by molar-refractivity contribution is 6.35. The van der Waals surface area contributed by atoms with E-state index in [-0.39, 0.29) is 12.4 Å². The van der Waals surface area contributed by atoms with Crippen LogP contribution in [0.1, 0.15) is 12.0 Å². The van der Waals surface area contributed by atoms with Crippen LogP contribution in [0.5, 0.6) is 0 Å². The average molecular weight is 340 g/mol. The third-order valence-electron chi connectivity index (χ3n) is 3.26. The molecular formula is C14H21Cl3N2O. The zero-order chi connectivity index (χ0) is 13.5. The number of halogens is 3. The second-order valence-corrected chi connectivity index (χ2v) is 5.56. The summed E-state index contributed by atoms with van der Waals surface area (Å²) in [6, 6.07) is 5.63. The molecule has 1 aliphatic rings. The molecule has 1 aromatic rings. The number of hydrogen-bond acceptors (Lipinski definition) is 3. The molecule has 20 heavy (non-hydrogen) atoms. The standard InChI is InChI=1S/C14H20Cl2N2O.ClH/c15-13-3-2-12(14(16)10-13)11-17-4-1-5-18-6-8-19-9-7-18;/h2-3,10,17H,1,4-9,11H2;1H. The summed E-state index contributed by atoms with van der Waals surface area (Å²) >= 11 is 12.0. The van der Waals surface area contributed by atoms with Gasteiger partial charge in [-0.1, -0.05) is 29.3 Å². The number of benzene rings is 1. The van der Waals surface area contributed by atoms with Crippen LogP contribution in [-0.4, -0.2) is 44.3 Å². The molecule has 0 unspecified atom stereocenters. The molecule has 1 N–H and O–H groups in total. The fourth-order valence-corrected chi connectivity index (χ4v) is 2.62. The normalized spacial score (nSPS) is 15.9. The van der Waals surface area contributed by atoms with Crippen molar-refractivity contribution in [2.45, 2.75) is 13.0 Å². The number of nitrogens with zero attached hydrogens (tertiary/aromatic N) is 1. The molecule has 6 heteroatoms. The van der Waals surface area contributed by atoms with Gasteiger partial charge in [-0.2, -0.15) is 0 Å². The lowest BCUT2D eigenvalue weighted by Crippen LogP contribution is -2.37. The van der Waals surface area contributed by atoms with Crippen LogP contribution in [0, 0.1) is 0 Å². The summed E-state index contributed by atoms with van der Waals surface area (Å²) < 4.78 is 5.33. The molecule has 0 atom stereocenters. The smallest absolute Gasteiger partial charge is 0.0594 e. The Hall–Kier alpha value is -0.0300. The minimum absolute atomic E-state index is 0. The summed E-state index contributed by atoms with van der Waals surface area (Å²) in [5, 5.41) is 4.83. The Morgan fingerprint density at radius 2 is 1.95 bits per heavy atom. The van der Waals surface area contributed by atoms with E-state index in [0.29, 0.717) is 5.02 Å². The van der Waals surface area contributed by atoms with Crippen molar-refractivity contribution >= 4 is 35.6 Å². The Labute approximate surface area is 137 Å². The molecule has 3 nitrogen and oxygen atoms in total. The summed E-state index contributed by atoms with van der Waals surface area (Å²) in [6.45, 7) is 6.77. The van der Waals surface area contributed by atoms with E-state index in [4.69, 9.17) is 27.9 Å². The van der Waals surface area contributed by atoms with Crippen molar-refractivity contribution in [1.29, 1.82) is 0 Å². The van der Waals surface area contributed by atoms with E-state index in [9.17, 15) is 0 Å². The molecule has 114 valence electrons. The van der Waals surface area contributed by atoms with Crippen molar-refractivity contribution in [3.63, 3.8) is 0 Å². The monoisotopic (exact) mass is 338 g/mol. The van der Waals surface area contributed by atoms with Gasteiger partial charge < -0.3 is 10.1 Å². The summed E-state index contributed by atoms with van der Waals surface area (Å²) in [4.78, 5) is 2.44. The van der Waals surface area contributed by atoms with Gasteiger partial charge in [0.05, 0.1) is 13.2 Å². The Balaban J connectivity index is 0.00000200. The van der Waals surface area contributed by atoms with Gasteiger partial charge in [-0.05, 0) is 37.2 Å². The van der Waals surface area contributed by atoms with E-state index in [0.717, 1.165) is 62.9 Å². The molecule has 1 aromatic carbocycles. The van der Waals surface area contributed by atoms with Gasteiger partial charge in [0.15, 0.2) is 0 Å². The van der Waals surface area contributed by atoms with Gasteiger partial charge in [0.25, 0.3) is 0 Å². The van der Waals surface area contributed by atoms with Crippen molar-refractivity contribution in [1.82, 2.24) is 10.2 Å². The first-order valence-corrected chi connectivity index (χ1v) is 7.46. The molecule has 0 aliphatic carbocycles. The molecule has 1 fully saturated rings. The lowest BCUT2D eigenvalue weighted by molar-refractivity contribution is 0.0374. The average Bonchev–Trinajstić information content (AvgIpc) is 2.42. The summed E-state index contributed by atoms with van der Waals surface area (Å²) in [6.07, 6.45) is 1.14. The molecule has 1 aliphatic heterocycles. The van der Waals surface area contributed by atoms with Crippen molar-refractivity contribution < 1.29 is 4.74 Å². The third kappa shape index (κ3) is 6.17. The number of nitrogens with one attached hydrogen (secondary N) is 1. The zero-order valence-corrected chi connectivity index (χ0v) is 13.7. The number of hydrogen-bond donors (Lipinski definition) is 1. The first-order chi connectivity index (χ1) is 9.25. The van der Waals surface area contributed by atoms with E-state index in [1.165, 1.54) is 0 Å². The fourth-order valence-electron chi connectivity index (χ4n) is 2.14. The van der Waals surface area contributed by atoms with Gasteiger partial charge in [-0.25, -0.2) is 0 Å². The molecule has 0 saturated carbocycles. The molecule has 1 heterocycles. The SMILES string of the molecule is Cl.Clc1ccc(CNCCCN2CCOCC2)c(Cl)c1. The quantitative estimate of drug-likeness (QED) is 0.805. The maximum Gasteiger partial charge on any atom is 0.0594 e. The van der Waals surface area contributed by atoms with Crippen LogP contribution in [-0.2, 0) is 11.3 Å². The fraction of sp³-hybridized carbons (Fsp3) is 0.571. The Morgan fingerprint density at radius 1 is 1.20 bits per heavy atom. The predicted molar refractivity (Wildman–Crippen MR) is 87.3 cm³/mol. The lowest BCUT2D eigenvalue weighted by atomic mass is 10.2. The van der Waals surface area contributed by atoms with Gasteiger partial charge in [-0.3, -0.25) is 4.90 Å². The van der Waals surface area contributed by atoms with Crippen molar-refractivity contribution in [2.24, 2.45) is 0 Å². The summed E-state index contributed by atoms with van der Waals surface area (Å²) in [5.74, 6) is 0. The number of ether oxygens (including phenoxy) is 1. The zero-order valence-electron chi connectivity index (χ0n) is 11.4. The van der Waals surface area contributed by atoms with E-state index < -0.39 is 0 Å². The topological polar surface area (TPSA) is 24.5 Å². The van der Waals surface area contributed by atoms with Crippen LogP contribution in [0.2, 0.25) is 10.0 Å². The molecule has 0 spiro atoms. The Bertz CT molecular complexity index is 398. The lowest BCUT2D eigenvalue weighted by Gasteiger charge is -2.26. The van der Waals surface area contributed by atoms with Gasteiger partial charge >= 0.3 is 0 Å². The maximum atomic E-state index is 6.12. The summed E-state index contributed by atoms with van der Waals surface area (Å²) in [7, 11) is 0. The van der Waals surface area contributed by atoms with Gasteiger partial charge in [0.2, 0.25) is 0 Å². The van der Waals surface area contributed by atoms with Crippen LogP contribution in [0.4, 0.5) is 0 Å². The highest BCUT2D eigenvalue weighted by atomic mass is 35.5. The highest BCUT2D eigenvalue weighted by Gasteiger charge is 2.09. The van der Waals surface area contributed by atoms with Crippen LogP contribution in [0.15, 0.2) is 18.2 Å². The molecular weight excluding hydrogens is 319 g/mol. The minimum atomic E-state index is 0. The Morgan fingerprint density at radius 3 is 2.65 bits per heavy atom. The molecule has 0 amide bonds. The first-order valence-electron chi connectivity index (χ1n) is 6.70. The summed E-state index contributed by atoms with van der Waals surface area (Å²) in [5.41, 5.74) is 1.09. The van der Waals surface area contributed by atoms with E-state index >= 15 is 0 Å².